The Hall–Kier alpha value is -2.96. The van der Waals surface area contributed by atoms with E-state index < -0.39 is 16.2 Å². The second kappa shape index (κ2) is 9.60. The van der Waals surface area contributed by atoms with Crippen molar-refractivity contribution in [1.82, 2.24) is 4.98 Å². The molecule has 2 N–H and O–H groups in total. The van der Waals surface area contributed by atoms with Gasteiger partial charge in [0.2, 0.25) is 0 Å². The summed E-state index contributed by atoms with van der Waals surface area (Å²) in [4.78, 5) is 21.3. The molecule has 5 nitrogen and oxygen atoms in total. The average Bonchev–Trinajstić information content (AvgIpc) is 3.84. The number of carbonyl (C=O) groups is 1. The van der Waals surface area contributed by atoms with E-state index in [1.54, 1.807) is 18.3 Å². The van der Waals surface area contributed by atoms with E-state index >= 15 is 4.39 Å². The van der Waals surface area contributed by atoms with Gasteiger partial charge in [0.05, 0.1) is 5.41 Å². The molecule has 2 fully saturated rings. The van der Waals surface area contributed by atoms with Crippen LogP contribution in [0.3, 0.4) is 0 Å². The Kier molecular flexibility index (Phi) is 6.47. The number of nitrogens with zero attached hydrogens (tertiary/aromatic N) is 2. The number of hydrogen-bond donors (Lipinski definition) is 1. The van der Waals surface area contributed by atoms with Gasteiger partial charge in [-0.1, -0.05) is 29.3 Å². The van der Waals surface area contributed by atoms with Gasteiger partial charge in [0.1, 0.15) is 35.2 Å². The lowest BCUT2D eigenvalue weighted by Crippen LogP contribution is -2.25. The smallest absolute Gasteiger partial charge is 0.150 e. The maximum Gasteiger partial charge on any atom is 0.150 e. The fraction of sp³-hybridized carbons (Fsp3) is 0.387. The van der Waals surface area contributed by atoms with Crippen LogP contribution in [0, 0.1) is 18.7 Å². The number of rotatable bonds is 8. The molecule has 2 saturated carbocycles. The molecule has 1 aliphatic heterocycles. The Morgan fingerprint density at radius 2 is 2.03 bits per heavy atom. The number of aromatic nitrogens is 1. The van der Waals surface area contributed by atoms with Crippen LogP contribution in [0.15, 0.2) is 41.4 Å². The molecule has 0 amide bonds. The number of fused-ring (bicyclic) bond motifs is 1. The highest BCUT2D eigenvalue weighted by Gasteiger charge is 2.42. The van der Waals surface area contributed by atoms with Crippen molar-refractivity contribution in [3.8, 4) is 17.0 Å². The molecule has 3 aromatic rings. The largest absolute Gasteiger partial charge is 0.490 e. The van der Waals surface area contributed by atoms with Crippen molar-refractivity contribution in [3.63, 3.8) is 0 Å². The summed E-state index contributed by atoms with van der Waals surface area (Å²) in [6.45, 7) is 4.04. The quantitative estimate of drug-likeness (QED) is 0.103. The zero-order valence-corrected chi connectivity index (χ0v) is 23.5. The lowest BCUT2D eigenvalue weighted by Gasteiger charge is -2.22. The third kappa shape index (κ3) is 5.05. The molecule has 2 atom stereocenters. The number of anilines is 1. The van der Waals surface area contributed by atoms with Crippen molar-refractivity contribution >= 4 is 41.4 Å². The summed E-state index contributed by atoms with van der Waals surface area (Å²) in [6, 6.07) is 10.7. The third-order valence-electron chi connectivity index (χ3n) is 8.17. The van der Waals surface area contributed by atoms with E-state index in [2.05, 4.69) is 17.1 Å². The molecule has 3 aliphatic rings. The van der Waals surface area contributed by atoms with Gasteiger partial charge >= 0.3 is 0 Å². The normalized spacial score (nSPS) is 22.0. The number of aryl methyl sites for hydroxylation is 1. The van der Waals surface area contributed by atoms with Gasteiger partial charge in [-0.3, -0.25) is 4.99 Å². The van der Waals surface area contributed by atoms with Crippen molar-refractivity contribution < 1.29 is 13.9 Å². The van der Waals surface area contributed by atoms with Crippen LogP contribution in [0.5, 0.6) is 5.75 Å². The van der Waals surface area contributed by atoms with E-state index in [0.29, 0.717) is 33.6 Å². The monoisotopic (exact) mass is 565 g/mol. The van der Waals surface area contributed by atoms with Crippen LogP contribution in [-0.4, -0.2) is 29.1 Å². The molecule has 0 spiro atoms. The van der Waals surface area contributed by atoms with Crippen molar-refractivity contribution in [2.24, 2.45) is 10.9 Å². The maximum atomic E-state index is 15.1. The summed E-state index contributed by atoms with van der Waals surface area (Å²) in [5.74, 6) is 0.500. The zero-order valence-electron chi connectivity index (χ0n) is 21.9. The topological polar surface area (TPSA) is 77.6 Å². The minimum Gasteiger partial charge on any atom is -0.490 e. The number of nitrogens with two attached hydrogens (primary N) is 1. The molecular formula is C31H30Cl2FN3O2. The number of nitrogen functional groups attached to an aromatic ring is 1. The van der Waals surface area contributed by atoms with Crippen LogP contribution in [0.2, 0.25) is 5.02 Å². The van der Waals surface area contributed by atoms with Crippen LogP contribution in [0.4, 0.5) is 10.1 Å². The number of halogens is 3. The summed E-state index contributed by atoms with van der Waals surface area (Å²) in [6.07, 6.45) is 7.36. The van der Waals surface area contributed by atoms with E-state index in [1.165, 1.54) is 6.07 Å². The highest BCUT2D eigenvalue weighted by molar-refractivity contribution is 6.30. The van der Waals surface area contributed by atoms with E-state index in [4.69, 9.17) is 38.7 Å². The van der Waals surface area contributed by atoms with Crippen molar-refractivity contribution in [1.29, 1.82) is 0 Å². The SMILES string of the molecule is Cc1cc(CC(c2cc3c(c(-c4ccc(Cl)cc4F)n2)OCC3(C)C=O)C2CC2)cc(/C=N/C2(Cl)CC2)c1N. The Bertz CT molecular complexity index is 1520. The predicted octanol–water partition coefficient (Wildman–Crippen LogP) is 7.16. The summed E-state index contributed by atoms with van der Waals surface area (Å²) < 4.78 is 21.1. The molecule has 6 rings (SSSR count). The lowest BCUT2D eigenvalue weighted by atomic mass is 9.82. The Morgan fingerprint density at radius 3 is 2.69 bits per heavy atom. The highest BCUT2D eigenvalue weighted by Crippen LogP contribution is 2.49. The number of pyridine rings is 1. The lowest BCUT2D eigenvalue weighted by molar-refractivity contribution is -0.112. The van der Waals surface area contributed by atoms with E-state index in [0.717, 1.165) is 66.3 Å². The van der Waals surface area contributed by atoms with Crippen LogP contribution in [-0.2, 0) is 16.6 Å². The molecule has 8 heteroatoms. The minimum atomic E-state index is -0.833. The van der Waals surface area contributed by atoms with Crippen LogP contribution in [0.1, 0.15) is 66.5 Å². The second-order valence-electron chi connectivity index (χ2n) is 11.5. The molecule has 2 aromatic carbocycles. The van der Waals surface area contributed by atoms with Gasteiger partial charge in [-0.25, -0.2) is 9.37 Å². The summed E-state index contributed by atoms with van der Waals surface area (Å²) in [5.41, 5.74) is 11.5. The Morgan fingerprint density at radius 1 is 1.26 bits per heavy atom. The standard InChI is InChI=1S/C31H30Cl2FN3O2/c1-17-9-18(10-20(27(17)35)14-36-31(33)7-8-31)11-23(19-3-4-19)26-13-24-29(39-16-30(24,2)15-38)28(37-26)22-6-5-21(32)12-25(22)34/h5-6,9-10,12-15,19,23H,3-4,7-8,11,16,35H2,1-2H3/b36-14+. The van der Waals surface area contributed by atoms with Gasteiger partial charge < -0.3 is 15.3 Å². The van der Waals surface area contributed by atoms with Crippen LogP contribution >= 0.6 is 23.2 Å². The molecule has 0 bridgehead atoms. The van der Waals surface area contributed by atoms with Crippen molar-refractivity contribution in [3.05, 3.63) is 75.2 Å². The molecule has 2 unspecified atom stereocenters. The molecule has 2 heterocycles. The maximum absolute atomic E-state index is 15.1. The van der Waals surface area contributed by atoms with Crippen LogP contribution in [0.25, 0.3) is 11.3 Å². The molecule has 1 aromatic heterocycles. The number of aliphatic imine (C=N–C) groups is 1. The van der Waals surface area contributed by atoms with Gasteiger partial charge in [-0.15, -0.1) is 0 Å². The summed E-state index contributed by atoms with van der Waals surface area (Å²) in [5, 5.41) is 0.304. The number of alkyl halides is 1. The molecule has 0 saturated heterocycles. The van der Waals surface area contributed by atoms with Gasteiger partial charge in [-0.05, 0) is 93.3 Å². The minimum absolute atomic E-state index is 0.0801. The van der Waals surface area contributed by atoms with Crippen molar-refractivity contribution in [2.45, 2.75) is 62.3 Å². The zero-order chi connectivity index (χ0) is 27.5. The number of hydrogen-bond acceptors (Lipinski definition) is 5. The Balaban J connectivity index is 1.43. The van der Waals surface area contributed by atoms with E-state index in [1.807, 2.05) is 19.9 Å². The van der Waals surface area contributed by atoms with E-state index in [9.17, 15) is 4.79 Å². The van der Waals surface area contributed by atoms with Gasteiger partial charge in [0.15, 0.2) is 0 Å². The molecule has 39 heavy (non-hydrogen) atoms. The number of ether oxygens (including phenoxy) is 1. The molecule has 0 radical (unpaired) electrons. The van der Waals surface area contributed by atoms with Crippen LogP contribution < -0.4 is 10.5 Å². The molecule has 2 aliphatic carbocycles. The fourth-order valence-corrected chi connectivity index (χ4v) is 5.69. The first kappa shape index (κ1) is 26.3. The number of carbonyl (C=O) groups excluding carboxylic acids is 1. The van der Waals surface area contributed by atoms with Crippen molar-refractivity contribution in [2.75, 3.05) is 12.3 Å². The predicted molar refractivity (Wildman–Crippen MR) is 154 cm³/mol. The molecular weight excluding hydrogens is 536 g/mol. The first-order chi connectivity index (χ1) is 18.6. The van der Waals surface area contributed by atoms with Gasteiger partial charge in [-0.2, -0.15) is 0 Å². The highest BCUT2D eigenvalue weighted by atomic mass is 35.5. The van der Waals surface area contributed by atoms with Gasteiger partial charge in [0.25, 0.3) is 0 Å². The average molecular weight is 567 g/mol. The van der Waals surface area contributed by atoms with Gasteiger partial charge in [0, 0.05) is 45.2 Å². The third-order valence-corrected chi connectivity index (χ3v) is 8.88. The Labute approximate surface area is 237 Å². The first-order valence-corrected chi connectivity index (χ1v) is 14.1. The molecule has 202 valence electrons. The summed E-state index contributed by atoms with van der Waals surface area (Å²) >= 11 is 12.4. The number of benzene rings is 2. The fourth-order valence-electron chi connectivity index (χ4n) is 5.38. The van der Waals surface area contributed by atoms with E-state index in [-0.39, 0.29) is 12.5 Å². The second-order valence-corrected chi connectivity index (χ2v) is 12.6. The summed E-state index contributed by atoms with van der Waals surface area (Å²) in [7, 11) is 0. The number of aldehydes is 1. The first-order valence-electron chi connectivity index (χ1n) is 13.3.